The topological polar surface area (TPSA) is 0 Å². The van der Waals surface area contributed by atoms with Crippen molar-refractivity contribution in [2.45, 2.75) is 66.2 Å². The van der Waals surface area contributed by atoms with Gasteiger partial charge in [-0.1, -0.05) is 127 Å². The lowest BCUT2D eigenvalue weighted by Gasteiger charge is -2.44. The fourth-order valence-electron chi connectivity index (χ4n) is 3.90. The number of hydrogen-bond acceptors (Lipinski definition) is 0. The van der Waals surface area contributed by atoms with E-state index in [2.05, 4.69) is 96.7 Å². The zero-order valence-electron chi connectivity index (χ0n) is 19.1. The van der Waals surface area contributed by atoms with Gasteiger partial charge in [-0.3, -0.25) is 0 Å². The van der Waals surface area contributed by atoms with Crippen molar-refractivity contribution in [3.05, 3.63) is 107 Å². The average molecular weight is 375 g/mol. The highest BCUT2D eigenvalue weighted by Gasteiger charge is 2.40. The SMILES string of the molecule is C=CC1=C(/C=C\C)C(C)(C)c2ccccc2C1(C)C.CC.Cc1ccccc1. The molecule has 2 aromatic carbocycles. The van der Waals surface area contributed by atoms with E-state index in [0.29, 0.717) is 0 Å². The molecule has 0 atom stereocenters. The van der Waals surface area contributed by atoms with E-state index in [1.165, 1.54) is 27.8 Å². The molecule has 0 saturated carbocycles. The van der Waals surface area contributed by atoms with Crippen LogP contribution in [0.1, 0.15) is 65.2 Å². The Morgan fingerprint density at radius 3 is 1.50 bits per heavy atom. The lowest BCUT2D eigenvalue weighted by molar-refractivity contribution is 0.524. The molecule has 150 valence electrons. The molecule has 28 heavy (non-hydrogen) atoms. The van der Waals surface area contributed by atoms with Crippen LogP contribution in [0.15, 0.2) is 90.6 Å². The highest BCUT2D eigenvalue weighted by molar-refractivity contribution is 5.60. The van der Waals surface area contributed by atoms with E-state index in [9.17, 15) is 0 Å². The molecule has 1 aliphatic rings. The molecule has 0 saturated heterocycles. The number of allylic oxidation sites excluding steroid dienone is 5. The molecular formula is C28H38. The van der Waals surface area contributed by atoms with Gasteiger partial charge in [-0.15, -0.1) is 0 Å². The van der Waals surface area contributed by atoms with Crippen LogP contribution < -0.4 is 0 Å². The van der Waals surface area contributed by atoms with Crippen LogP contribution in [-0.2, 0) is 10.8 Å². The van der Waals surface area contributed by atoms with E-state index in [4.69, 9.17) is 0 Å². The molecule has 3 rings (SSSR count). The molecule has 2 aromatic rings. The third-order valence-corrected chi connectivity index (χ3v) is 5.39. The standard InChI is InChI=1S/C19H24.C7H8.C2H6/c1-7-11-15-14(8-2)18(3,4)16-12-9-10-13-17(16)19(15,5)6;1-7-5-3-2-4-6-7;1-2/h7-13H,2H2,1,3-6H3;2-6H,1H3;1-2H3/b11-7-;;. The van der Waals surface area contributed by atoms with Crippen molar-refractivity contribution in [2.24, 2.45) is 0 Å². The highest BCUT2D eigenvalue weighted by atomic mass is 14.4. The second-order valence-electron chi connectivity index (χ2n) is 7.98. The van der Waals surface area contributed by atoms with Gasteiger partial charge in [-0.2, -0.15) is 0 Å². The molecule has 0 fully saturated rings. The van der Waals surface area contributed by atoms with Crippen molar-refractivity contribution in [1.82, 2.24) is 0 Å². The quantitative estimate of drug-likeness (QED) is 0.495. The van der Waals surface area contributed by atoms with E-state index in [1.807, 2.05) is 38.1 Å². The predicted octanol–water partition coefficient (Wildman–Crippen LogP) is 8.34. The van der Waals surface area contributed by atoms with E-state index in [1.54, 1.807) is 0 Å². The minimum atomic E-state index is 0.0166. The largest absolute Gasteiger partial charge is 0.0987 e. The first-order valence-electron chi connectivity index (χ1n) is 10.4. The minimum Gasteiger partial charge on any atom is -0.0987 e. The van der Waals surface area contributed by atoms with Crippen molar-refractivity contribution in [3.63, 3.8) is 0 Å². The fourth-order valence-corrected chi connectivity index (χ4v) is 3.90. The molecule has 0 N–H and O–H groups in total. The Hall–Kier alpha value is -2.34. The van der Waals surface area contributed by atoms with Crippen LogP contribution in [0.2, 0.25) is 0 Å². The molecule has 0 bridgehead atoms. The van der Waals surface area contributed by atoms with Crippen LogP contribution in [0.25, 0.3) is 0 Å². The van der Waals surface area contributed by atoms with Gasteiger partial charge in [-0.05, 0) is 36.1 Å². The number of rotatable bonds is 2. The Morgan fingerprint density at radius 1 is 0.714 bits per heavy atom. The summed E-state index contributed by atoms with van der Waals surface area (Å²) in [6.07, 6.45) is 6.41. The fraction of sp³-hybridized carbons (Fsp3) is 0.357. The Kier molecular flexibility index (Phi) is 8.69. The third kappa shape index (κ3) is 4.93. The molecule has 0 nitrogen and oxygen atoms in total. The van der Waals surface area contributed by atoms with Crippen molar-refractivity contribution in [2.75, 3.05) is 0 Å². The van der Waals surface area contributed by atoms with Crippen LogP contribution in [0.3, 0.4) is 0 Å². The normalized spacial score (nSPS) is 16.3. The van der Waals surface area contributed by atoms with E-state index >= 15 is 0 Å². The van der Waals surface area contributed by atoms with Gasteiger partial charge in [0.05, 0.1) is 0 Å². The monoisotopic (exact) mass is 374 g/mol. The summed E-state index contributed by atoms with van der Waals surface area (Å²) in [7, 11) is 0. The highest BCUT2D eigenvalue weighted by Crippen LogP contribution is 2.49. The first-order valence-corrected chi connectivity index (χ1v) is 10.4. The van der Waals surface area contributed by atoms with Crippen LogP contribution >= 0.6 is 0 Å². The Morgan fingerprint density at radius 2 is 1.14 bits per heavy atom. The van der Waals surface area contributed by atoms with Crippen LogP contribution in [0, 0.1) is 6.92 Å². The second-order valence-corrected chi connectivity index (χ2v) is 7.98. The maximum absolute atomic E-state index is 4.06. The lowest BCUT2D eigenvalue weighted by Crippen LogP contribution is -2.36. The van der Waals surface area contributed by atoms with Crippen molar-refractivity contribution in [3.8, 4) is 0 Å². The summed E-state index contributed by atoms with van der Waals surface area (Å²) in [5.74, 6) is 0. The number of aryl methyl sites for hydroxylation is 1. The van der Waals surface area contributed by atoms with Crippen LogP contribution in [0.4, 0.5) is 0 Å². The molecule has 0 heteroatoms. The van der Waals surface area contributed by atoms with Gasteiger partial charge in [-0.25, -0.2) is 0 Å². The molecule has 0 aliphatic heterocycles. The van der Waals surface area contributed by atoms with Gasteiger partial charge in [0, 0.05) is 10.8 Å². The maximum Gasteiger partial charge on any atom is 0.0152 e. The summed E-state index contributed by atoms with van der Waals surface area (Å²) in [6, 6.07) is 19.1. The van der Waals surface area contributed by atoms with E-state index in [0.717, 1.165) is 0 Å². The van der Waals surface area contributed by atoms with Gasteiger partial charge >= 0.3 is 0 Å². The average Bonchev–Trinajstić information content (AvgIpc) is 2.69. The van der Waals surface area contributed by atoms with Gasteiger partial charge in [0.2, 0.25) is 0 Å². The number of fused-ring (bicyclic) bond motifs is 1. The third-order valence-electron chi connectivity index (χ3n) is 5.39. The summed E-state index contributed by atoms with van der Waals surface area (Å²) in [6.45, 7) is 21.4. The number of benzene rings is 2. The molecule has 0 aromatic heterocycles. The molecule has 0 unspecified atom stereocenters. The first kappa shape index (κ1) is 23.7. The van der Waals surface area contributed by atoms with Gasteiger partial charge in [0.25, 0.3) is 0 Å². The first-order chi connectivity index (χ1) is 13.3. The molecule has 0 radical (unpaired) electrons. The molecular weight excluding hydrogens is 336 g/mol. The van der Waals surface area contributed by atoms with Gasteiger partial charge in [0.15, 0.2) is 0 Å². The Balaban J connectivity index is 0.000000363. The summed E-state index contributed by atoms with van der Waals surface area (Å²) >= 11 is 0. The molecule has 0 amide bonds. The summed E-state index contributed by atoms with van der Waals surface area (Å²) in [5, 5.41) is 0. The summed E-state index contributed by atoms with van der Waals surface area (Å²) in [4.78, 5) is 0. The second kappa shape index (κ2) is 10.3. The summed E-state index contributed by atoms with van der Waals surface area (Å²) < 4.78 is 0. The van der Waals surface area contributed by atoms with E-state index in [-0.39, 0.29) is 10.8 Å². The smallest absolute Gasteiger partial charge is 0.0152 e. The molecule has 0 heterocycles. The maximum atomic E-state index is 4.06. The zero-order valence-corrected chi connectivity index (χ0v) is 19.1. The lowest BCUT2D eigenvalue weighted by atomic mass is 9.60. The minimum absolute atomic E-state index is 0.0166. The van der Waals surface area contributed by atoms with Gasteiger partial charge < -0.3 is 0 Å². The summed E-state index contributed by atoms with van der Waals surface area (Å²) in [5.41, 5.74) is 6.94. The molecule has 0 spiro atoms. The van der Waals surface area contributed by atoms with E-state index < -0.39 is 0 Å². The zero-order chi connectivity index (χ0) is 21.4. The van der Waals surface area contributed by atoms with Crippen molar-refractivity contribution in [1.29, 1.82) is 0 Å². The van der Waals surface area contributed by atoms with Crippen molar-refractivity contribution >= 4 is 0 Å². The Labute approximate surface area is 173 Å². The van der Waals surface area contributed by atoms with Crippen LogP contribution in [-0.4, -0.2) is 0 Å². The van der Waals surface area contributed by atoms with Crippen molar-refractivity contribution < 1.29 is 0 Å². The van der Waals surface area contributed by atoms with Crippen LogP contribution in [0.5, 0.6) is 0 Å². The Bertz CT molecular complexity index is 814. The molecule has 1 aliphatic carbocycles. The predicted molar refractivity (Wildman–Crippen MR) is 127 cm³/mol. The number of hydrogen-bond donors (Lipinski definition) is 0. The van der Waals surface area contributed by atoms with Gasteiger partial charge in [0.1, 0.15) is 0 Å².